The van der Waals surface area contributed by atoms with Gasteiger partial charge in [-0.1, -0.05) is 12.8 Å². The van der Waals surface area contributed by atoms with Gasteiger partial charge in [0.2, 0.25) is 11.8 Å². The van der Waals surface area contributed by atoms with E-state index in [0.717, 1.165) is 69.2 Å². The Labute approximate surface area is 196 Å². The molecule has 33 heavy (non-hydrogen) atoms. The van der Waals surface area contributed by atoms with Crippen LogP contribution in [0.15, 0.2) is 12.1 Å². The quantitative estimate of drug-likeness (QED) is 0.707. The zero-order valence-corrected chi connectivity index (χ0v) is 20.0. The number of nitrogens with two attached hydrogens (primary N) is 1. The van der Waals surface area contributed by atoms with Crippen molar-refractivity contribution in [3.63, 3.8) is 0 Å². The number of amides is 2. The van der Waals surface area contributed by atoms with Crippen molar-refractivity contribution in [1.82, 2.24) is 9.80 Å². The van der Waals surface area contributed by atoms with Crippen molar-refractivity contribution in [3.05, 3.63) is 34.6 Å². The summed E-state index contributed by atoms with van der Waals surface area (Å²) >= 11 is 0. The van der Waals surface area contributed by atoms with E-state index in [1.807, 2.05) is 11.8 Å². The first-order chi connectivity index (χ1) is 15.8. The number of halogens is 1. The Morgan fingerprint density at radius 1 is 1.15 bits per heavy atom. The van der Waals surface area contributed by atoms with Crippen LogP contribution < -0.4 is 5.73 Å². The van der Waals surface area contributed by atoms with E-state index in [1.54, 1.807) is 6.07 Å². The summed E-state index contributed by atoms with van der Waals surface area (Å²) in [5, 5.41) is 0. The van der Waals surface area contributed by atoms with Gasteiger partial charge < -0.3 is 15.4 Å². The van der Waals surface area contributed by atoms with E-state index in [9.17, 15) is 14.0 Å². The minimum atomic E-state index is -0.639. The predicted octanol–water partition coefficient (Wildman–Crippen LogP) is 3.50. The molecular formula is C26H38FN3O3. The molecule has 7 heteroatoms. The van der Waals surface area contributed by atoms with Crippen LogP contribution in [0.2, 0.25) is 0 Å². The lowest BCUT2D eigenvalue weighted by Gasteiger charge is -2.41. The SMILES string of the molecule is Cc1c(CN2CCN(C(=O)C3CCCC3)[C@@H](C)C2)cc(F)cc1C(C(N)=O)C1CCCCO1. The molecule has 2 unspecified atom stereocenters. The standard InChI is InChI=1S/C26H38FN3O3/c1-17-15-29(10-11-30(17)26(32)19-7-3-4-8-19)16-20-13-21(27)14-22(18(20)2)24(25(28)31)23-9-5-6-12-33-23/h13-14,17,19,23-24H,3-12,15-16H2,1-2H3,(H2,28,31)/t17-,23?,24?/m0/s1. The summed E-state index contributed by atoms with van der Waals surface area (Å²) in [5.41, 5.74) is 8.20. The maximum atomic E-state index is 14.7. The van der Waals surface area contributed by atoms with Crippen molar-refractivity contribution >= 4 is 11.8 Å². The van der Waals surface area contributed by atoms with E-state index in [2.05, 4.69) is 11.8 Å². The second-order valence-corrected chi connectivity index (χ2v) is 10.2. The third-order valence-corrected chi connectivity index (χ3v) is 7.84. The molecule has 0 aromatic heterocycles. The first-order valence-corrected chi connectivity index (χ1v) is 12.6. The highest BCUT2D eigenvalue weighted by molar-refractivity contribution is 5.83. The van der Waals surface area contributed by atoms with E-state index in [4.69, 9.17) is 10.5 Å². The first-order valence-electron chi connectivity index (χ1n) is 12.6. The third-order valence-electron chi connectivity index (χ3n) is 7.84. The number of primary amides is 1. The Bertz CT molecular complexity index is 865. The number of hydrogen-bond donors (Lipinski definition) is 1. The molecule has 1 aliphatic carbocycles. The molecular weight excluding hydrogens is 421 g/mol. The van der Waals surface area contributed by atoms with Gasteiger partial charge in [-0.15, -0.1) is 0 Å². The number of carbonyl (C=O) groups is 2. The van der Waals surface area contributed by atoms with Crippen molar-refractivity contribution in [2.75, 3.05) is 26.2 Å². The van der Waals surface area contributed by atoms with Gasteiger partial charge in [0.25, 0.3) is 0 Å². The van der Waals surface area contributed by atoms with Crippen LogP contribution in [0.4, 0.5) is 4.39 Å². The summed E-state index contributed by atoms with van der Waals surface area (Å²) in [6.07, 6.45) is 6.77. The van der Waals surface area contributed by atoms with Crippen LogP contribution in [0.5, 0.6) is 0 Å². The van der Waals surface area contributed by atoms with Gasteiger partial charge in [-0.25, -0.2) is 4.39 Å². The topological polar surface area (TPSA) is 75.9 Å². The Balaban J connectivity index is 1.48. The number of benzene rings is 1. The average molecular weight is 460 g/mol. The number of nitrogens with zero attached hydrogens (tertiary/aromatic N) is 2. The molecule has 1 saturated carbocycles. The monoisotopic (exact) mass is 459 g/mol. The lowest BCUT2D eigenvalue weighted by Crippen LogP contribution is -2.54. The zero-order valence-electron chi connectivity index (χ0n) is 20.0. The molecule has 0 radical (unpaired) electrons. The number of carbonyl (C=O) groups excluding carboxylic acids is 2. The highest BCUT2D eigenvalue weighted by Crippen LogP contribution is 2.33. The highest BCUT2D eigenvalue weighted by atomic mass is 19.1. The molecule has 182 valence electrons. The van der Waals surface area contributed by atoms with Crippen LogP contribution in [0, 0.1) is 18.7 Å². The molecule has 1 aromatic rings. The molecule has 3 fully saturated rings. The predicted molar refractivity (Wildman–Crippen MR) is 125 cm³/mol. The molecule has 2 amide bonds. The number of piperazine rings is 1. The summed E-state index contributed by atoms with van der Waals surface area (Å²) < 4.78 is 20.6. The molecule has 4 rings (SSSR count). The number of ether oxygens (including phenoxy) is 1. The lowest BCUT2D eigenvalue weighted by molar-refractivity contribution is -0.140. The van der Waals surface area contributed by atoms with Gasteiger partial charge in [0.05, 0.1) is 12.0 Å². The smallest absolute Gasteiger partial charge is 0.227 e. The van der Waals surface area contributed by atoms with Gasteiger partial charge in [-0.05, 0) is 74.8 Å². The van der Waals surface area contributed by atoms with Crippen LogP contribution in [0.25, 0.3) is 0 Å². The second kappa shape index (κ2) is 10.5. The van der Waals surface area contributed by atoms with E-state index < -0.39 is 11.8 Å². The van der Waals surface area contributed by atoms with Crippen LogP contribution >= 0.6 is 0 Å². The molecule has 2 saturated heterocycles. The number of hydrogen-bond acceptors (Lipinski definition) is 4. The van der Waals surface area contributed by atoms with E-state index in [0.29, 0.717) is 31.2 Å². The highest BCUT2D eigenvalue weighted by Gasteiger charge is 2.35. The Morgan fingerprint density at radius 2 is 1.88 bits per heavy atom. The molecule has 2 N–H and O–H groups in total. The molecule has 3 aliphatic rings. The van der Waals surface area contributed by atoms with Crippen molar-refractivity contribution < 1.29 is 18.7 Å². The van der Waals surface area contributed by atoms with E-state index in [1.165, 1.54) is 6.07 Å². The fourth-order valence-electron chi connectivity index (χ4n) is 5.96. The minimum Gasteiger partial charge on any atom is -0.377 e. The molecule has 2 aliphatic heterocycles. The molecule has 3 atom stereocenters. The molecule has 0 spiro atoms. The molecule has 0 bridgehead atoms. The molecule has 2 heterocycles. The van der Waals surface area contributed by atoms with Gasteiger partial charge in [-0.3, -0.25) is 14.5 Å². The van der Waals surface area contributed by atoms with Gasteiger partial charge in [0.1, 0.15) is 5.82 Å². The van der Waals surface area contributed by atoms with Crippen molar-refractivity contribution in [2.45, 2.75) is 83.4 Å². The first kappa shape index (κ1) is 24.1. The Hall–Kier alpha value is -1.99. The molecule has 6 nitrogen and oxygen atoms in total. The van der Waals surface area contributed by atoms with Crippen LogP contribution in [0.1, 0.15) is 74.5 Å². The van der Waals surface area contributed by atoms with Gasteiger partial charge in [0.15, 0.2) is 0 Å². The maximum absolute atomic E-state index is 14.7. The largest absolute Gasteiger partial charge is 0.377 e. The van der Waals surface area contributed by atoms with Crippen LogP contribution in [-0.4, -0.2) is 60.0 Å². The average Bonchev–Trinajstić information content (AvgIpc) is 3.32. The Morgan fingerprint density at radius 3 is 2.52 bits per heavy atom. The normalized spacial score (nSPS) is 25.8. The summed E-state index contributed by atoms with van der Waals surface area (Å²) in [6.45, 7) is 7.48. The summed E-state index contributed by atoms with van der Waals surface area (Å²) in [6, 6.07) is 3.15. The van der Waals surface area contributed by atoms with Crippen LogP contribution in [-0.2, 0) is 20.9 Å². The van der Waals surface area contributed by atoms with Gasteiger partial charge >= 0.3 is 0 Å². The van der Waals surface area contributed by atoms with Crippen molar-refractivity contribution in [2.24, 2.45) is 11.7 Å². The number of rotatable bonds is 6. The fourth-order valence-corrected chi connectivity index (χ4v) is 5.96. The maximum Gasteiger partial charge on any atom is 0.227 e. The van der Waals surface area contributed by atoms with E-state index in [-0.39, 0.29) is 23.9 Å². The minimum absolute atomic E-state index is 0.134. The summed E-state index contributed by atoms with van der Waals surface area (Å²) in [5.74, 6) is -0.954. The second-order valence-electron chi connectivity index (χ2n) is 10.2. The molecule has 1 aromatic carbocycles. The lowest BCUT2D eigenvalue weighted by atomic mass is 9.84. The van der Waals surface area contributed by atoms with Gasteiger partial charge in [0, 0.05) is 44.7 Å². The summed E-state index contributed by atoms with van der Waals surface area (Å²) in [7, 11) is 0. The van der Waals surface area contributed by atoms with Crippen molar-refractivity contribution in [3.8, 4) is 0 Å². The summed E-state index contributed by atoms with van der Waals surface area (Å²) in [4.78, 5) is 29.6. The zero-order chi connectivity index (χ0) is 23.5. The van der Waals surface area contributed by atoms with Crippen LogP contribution in [0.3, 0.4) is 0 Å². The van der Waals surface area contributed by atoms with E-state index >= 15 is 0 Å². The fraction of sp³-hybridized carbons (Fsp3) is 0.692. The Kier molecular flexibility index (Phi) is 7.69. The van der Waals surface area contributed by atoms with Crippen molar-refractivity contribution in [1.29, 1.82) is 0 Å². The third kappa shape index (κ3) is 5.40. The van der Waals surface area contributed by atoms with Gasteiger partial charge in [-0.2, -0.15) is 0 Å².